The van der Waals surface area contributed by atoms with Crippen molar-refractivity contribution in [3.05, 3.63) is 22.6 Å². The Morgan fingerprint density at radius 2 is 1.78 bits per heavy atom. The van der Waals surface area contributed by atoms with Gasteiger partial charge in [-0.2, -0.15) is 0 Å². The molecule has 0 aromatic carbocycles. The van der Waals surface area contributed by atoms with Crippen molar-refractivity contribution in [1.29, 1.82) is 0 Å². The summed E-state index contributed by atoms with van der Waals surface area (Å²) in [7, 11) is 0. The van der Waals surface area contributed by atoms with Crippen LogP contribution in [0.5, 0.6) is 0 Å². The van der Waals surface area contributed by atoms with Gasteiger partial charge in [0, 0.05) is 32.6 Å². The Hall–Kier alpha value is -1.83. The third kappa shape index (κ3) is 4.82. The van der Waals surface area contributed by atoms with Gasteiger partial charge in [-0.05, 0) is 35.0 Å². The fraction of sp³-hybridized carbons (Fsp3) is 0.533. The fourth-order valence-corrected chi connectivity index (χ4v) is 2.65. The highest BCUT2D eigenvalue weighted by molar-refractivity contribution is 9.10. The number of rotatable bonds is 5. The van der Waals surface area contributed by atoms with Gasteiger partial charge in [0.2, 0.25) is 5.91 Å². The van der Waals surface area contributed by atoms with Crippen molar-refractivity contribution in [2.75, 3.05) is 32.8 Å². The van der Waals surface area contributed by atoms with Crippen molar-refractivity contribution in [2.24, 2.45) is 0 Å². The van der Waals surface area contributed by atoms with E-state index in [1.165, 1.54) is 0 Å². The third-order valence-electron chi connectivity index (χ3n) is 3.55. The van der Waals surface area contributed by atoms with Crippen LogP contribution in [-0.2, 0) is 14.3 Å². The van der Waals surface area contributed by atoms with Gasteiger partial charge in [-0.15, -0.1) is 0 Å². The number of halogens is 1. The van der Waals surface area contributed by atoms with Crippen molar-refractivity contribution in [1.82, 2.24) is 9.80 Å². The molecule has 2 rings (SSSR count). The molecule has 1 aromatic rings. The molecule has 1 aromatic heterocycles. The van der Waals surface area contributed by atoms with Crippen LogP contribution in [0.4, 0.5) is 0 Å². The highest BCUT2D eigenvalue weighted by Crippen LogP contribution is 2.17. The van der Waals surface area contributed by atoms with Gasteiger partial charge in [-0.1, -0.05) is 0 Å². The number of amides is 2. The summed E-state index contributed by atoms with van der Waals surface area (Å²) in [6, 6.07) is 3.28. The summed E-state index contributed by atoms with van der Waals surface area (Å²) >= 11 is 3.16. The maximum Gasteiger partial charge on any atom is 0.306 e. The normalized spacial score (nSPS) is 14.7. The Labute approximate surface area is 142 Å². The molecule has 1 aliphatic rings. The van der Waals surface area contributed by atoms with Crippen molar-refractivity contribution in [3.63, 3.8) is 0 Å². The Bertz CT molecular complexity index is 578. The van der Waals surface area contributed by atoms with Crippen molar-refractivity contribution >= 4 is 33.7 Å². The van der Waals surface area contributed by atoms with E-state index >= 15 is 0 Å². The predicted molar refractivity (Wildman–Crippen MR) is 84.8 cm³/mol. The van der Waals surface area contributed by atoms with Crippen molar-refractivity contribution < 1.29 is 23.5 Å². The summed E-state index contributed by atoms with van der Waals surface area (Å²) in [6.07, 6.45) is 0.226. The van der Waals surface area contributed by atoms with E-state index in [1.54, 1.807) is 28.9 Å². The summed E-state index contributed by atoms with van der Waals surface area (Å²) in [5, 5.41) is 0. The highest BCUT2D eigenvalue weighted by Gasteiger charge is 2.26. The Morgan fingerprint density at radius 1 is 1.13 bits per heavy atom. The number of nitrogens with zero attached hydrogens (tertiary/aromatic N) is 2. The largest absolute Gasteiger partial charge is 0.466 e. The zero-order chi connectivity index (χ0) is 16.8. The molecule has 8 heteroatoms. The molecular formula is C15H19BrN2O5. The highest BCUT2D eigenvalue weighted by atomic mass is 79.9. The topological polar surface area (TPSA) is 80.1 Å². The van der Waals surface area contributed by atoms with Crippen LogP contribution in [0.25, 0.3) is 0 Å². The van der Waals surface area contributed by atoms with Crippen LogP contribution in [0.3, 0.4) is 0 Å². The molecule has 0 N–H and O–H groups in total. The van der Waals surface area contributed by atoms with Gasteiger partial charge < -0.3 is 19.0 Å². The lowest BCUT2D eigenvalue weighted by atomic mass is 10.2. The predicted octanol–water partition coefficient (Wildman–Crippen LogP) is 1.67. The molecule has 1 saturated heterocycles. The Balaban J connectivity index is 1.78. The van der Waals surface area contributed by atoms with E-state index in [2.05, 4.69) is 15.9 Å². The monoisotopic (exact) mass is 386 g/mol. The van der Waals surface area contributed by atoms with Gasteiger partial charge in [0.15, 0.2) is 10.4 Å². The molecule has 0 spiro atoms. The maximum absolute atomic E-state index is 12.2. The molecule has 7 nitrogen and oxygen atoms in total. The molecule has 1 fully saturated rings. The van der Waals surface area contributed by atoms with Crippen LogP contribution in [0.2, 0.25) is 0 Å². The lowest BCUT2D eigenvalue weighted by Crippen LogP contribution is -2.50. The van der Waals surface area contributed by atoms with Gasteiger partial charge in [0.25, 0.3) is 5.91 Å². The number of carbonyl (C=O) groups is 3. The summed E-state index contributed by atoms with van der Waals surface area (Å²) in [6.45, 7) is 3.85. The van der Waals surface area contributed by atoms with E-state index in [4.69, 9.17) is 9.15 Å². The molecule has 1 aliphatic heterocycles. The van der Waals surface area contributed by atoms with Crippen LogP contribution in [0.15, 0.2) is 21.2 Å². The smallest absolute Gasteiger partial charge is 0.306 e. The molecule has 0 radical (unpaired) electrons. The molecular weight excluding hydrogens is 368 g/mol. The second-order valence-electron chi connectivity index (χ2n) is 5.08. The number of hydrogen-bond acceptors (Lipinski definition) is 5. The molecule has 23 heavy (non-hydrogen) atoms. The van der Waals surface area contributed by atoms with Crippen LogP contribution in [0.1, 0.15) is 30.3 Å². The summed E-state index contributed by atoms with van der Waals surface area (Å²) in [5.74, 6) is -0.364. The van der Waals surface area contributed by atoms with Gasteiger partial charge in [0.05, 0.1) is 13.0 Å². The average Bonchev–Trinajstić information content (AvgIpc) is 2.99. The summed E-state index contributed by atoms with van der Waals surface area (Å²) in [5.41, 5.74) is 0. The molecule has 0 saturated carbocycles. The number of ether oxygens (including phenoxy) is 1. The van der Waals surface area contributed by atoms with Crippen LogP contribution in [-0.4, -0.2) is 60.4 Å². The van der Waals surface area contributed by atoms with Gasteiger partial charge in [0.1, 0.15) is 0 Å². The Morgan fingerprint density at radius 3 is 2.35 bits per heavy atom. The van der Waals surface area contributed by atoms with E-state index in [-0.39, 0.29) is 36.4 Å². The van der Waals surface area contributed by atoms with Crippen LogP contribution < -0.4 is 0 Å². The molecule has 126 valence electrons. The van der Waals surface area contributed by atoms with E-state index in [0.29, 0.717) is 37.5 Å². The quantitative estimate of drug-likeness (QED) is 0.719. The number of carbonyl (C=O) groups excluding carboxylic acids is 3. The molecule has 2 heterocycles. The van der Waals surface area contributed by atoms with Gasteiger partial charge in [-0.3, -0.25) is 14.4 Å². The van der Waals surface area contributed by atoms with Gasteiger partial charge >= 0.3 is 5.97 Å². The van der Waals surface area contributed by atoms with E-state index < -0.39 is 0 Å². The van der Waals surface area contributed by atoms with Crippen LogP contribution >= 0.6 is 15.9 Å². The number of hydrogen-bond donors (Lipinski definition) is 0. The first-order valence-electron chi connectivity index (χ1n) is 7.49. The third-order valence-corrected chi connectivity index (χ3v) is 3.98. The van der Waals surface area contributed by atoms with Crippen molar-refractivity contribution in [2.45, 2.75) is 19.8 Å². The van der Waals surface area contributed by atoms with E-state index in [1.807, 2.05) is 0 Å². The standard InChI is InChI=1S/C15H19BrN2O5/c1-2-22-14(20)6-5-13(19)17-7-9-18(10-8-17)15(21)11-3-4-12(16)23-11/h3-4H,2,5-10H2,1H3. The molecule has 0 aliphatic carbocycles. The molecule has 0 bridgehead atoms. The zero-order valence-electron chi connectivity index (χ0n) is 12.9. The second-order valence-corrected chi connectivity index (χ2v) is 5.86. The SMILES string of the molecule is CCOC(=O)CCC(=O)N1CCN(C(=O)c2ccc(Br)o2)CC1. The zero-order valence-corrected chi connectivity index (χ0v) is 14.5. The molecule has 0 atom stereocenters. The van der Waals surface area contributed by atoms with Crippen LogP contribution in [0, 0.1) is 0 Å². The fourth-order valence-electron chi connectivity index (χ4n) is 2.34. The number of esters is 1. The average molecular weight is 387 g/mol. The number of piperazine rings is 1. The summed E-state index contributed by atoms with van der Waals surface area (Å²) < 4.78 is 10.6. The molecule has 0 unspecified atom stereocenters. The van der Waals surface area contributed by atoms with Gasteiger partial charge in [-0.25, -0.2) is 0 Å². The number of furan rings is 1. The minimum absolute atomic E-state index is 0.0895. The second kappa shape index (κ2) is 8.14. The Kier molecular flexibility index (Phi) is 6.20. The minimum atomic E-state index is -0.363. The first kappa shape index (κ1) is 17.5. The first-order valence-corrected chi connectivity index (χ1v) is 8.28. The molecule has 2 amide bonds. The first-order chi connectivity index (χ1) is 11.0. The lowest BCUT2D eigenvalue weighted by molar-refractivity contribution is -0.146. The van der Waals surface area contributed by atoms with Crippen molar-refractivity contribution in [3.8, 4) is 0 Å². The minimum Gasteiger partial charge on any atom is -0.466 e. The maximum atomic E-state index is 12.2. The lowest BCUT2D eigenvalue weighted by Gasteiger charge is -2.34. The summed E-state index contributed by atoms with van der Waals surface area (Å²) in [4.78, 5) is 38.9. The van der Waals surface area contributed by atoms with E-state index in [9.17, 15) is 14.4 Å². The van der Waals surface area contributed by atoms with E-state index in [0.717, 1.165) is 0 Å².